The standard InChI is InChI=1S/C10H14N2OS/c13-9-8(11-10(14)12-9)6-7-4-2-1-3-5-7/h1-2,7-8H,3-6H2,(H2,11,12,13,14). The van der Waals surface area contributed by atoms with Gasteiger partial charge in [0.15, 0.2) is 5.11 Å². The first-order chi connectivity index (χ1) is 6.75. The van der Waals surface area contributed by atoms with Crippen LogP contribution in [-0.4, -0.2) is 17.1 Å². The van der Waals surface area contributed by atoms with Crippen molar-refractivity contribution >= 4 is 23.2 Å². The molecule has 0 spiro atoms. The summed E-state index contributed by atoms with van der Waals surface area (Å²) >= 11 is 4.88. The maximum atomic E-state index is 11.4. The Balaban J connectivity index is 1.88. The van der Waals surface area contributed by atoms with Crippen LogP contribution in [0.5, 0.6) is 0 Å². The van der Waals surface area contributed by atoms with E-state index in [4.69, 9.17) is 12.2 Å². The van der Waals surface area contributed by atoms with Crippen molar-refractivity contribution in [2.45, 2.75) is 31.7 Å². The molecule has 0 bridgehead atoms. The molecule has 2 atom stereocenters. The smallest absolute Gasteiger partial charge is 0.248 e. The van der Waals surface area contributed by atoms with E-state index in [1.54, 1.807) is 0 Å². The third kappa shape index (κ3) is 2.12. The van der Waals surface area contributed by atoms with Crippen LogP contribution < -0.4 is 10.6 Å². The maximum Gasteiger partial charge on any atom is 0.248 e. The van der Waals surface area contributed by atoms with Crippen LogP contribution in [-0.2, 0) is 4.79 Å². The highest BCUT2D eigenvalue weighted by Gasteiger charge is 2.29. The summed E-state index contributed by atoms with van der Waals surface area (Å²) in [6, 6.07) is -0.0981. The van der Waals surface area contributed by atoms with Crippen molar-refractivity contribution in [2.75, 3.05) is 0 Å². The minimum atomic E-state index is -0.0981. The molecule has 2 unspecified atom stereocenters. The van der Waals surface area contributed by atoms with Gasteiger partial charge in [-0.15, -0.1) is 0 Å². The number of hydrogen-bond donors (Lipinski definition) is 2. The average molecular weight is 210 g/mol. The number of nitrogens with one attached hydrogen (secondary N) is 2. The number of thiocarbonyl (C=S) groups is 1. The van der Waals surface area contributed by atoms with Gasteiger partial charge in [0.1, 0.15) is 6.04 Å². The van der Waals surface area contributed by atoms with E-state index in [1.165, 1.54) is 6.42 Å². The third-order valence-corrected chi connectivity index (χ3v) is 3.03. The predicted octanol–water partition coefficient (Wildman–Crippen LogP) is 1.11. The fourth-order valence-electron chi connectivity index (χ4n) is 2.03. The van der Waals surface area contributed by atoms with E-state index < -0.39 is 0 Å². The molecule has 0 aromatic carbocycles. The van der Waals surface area contributed by atoms with Gasteiger partial charge in [-0.1, -0.05) is 12.2 Å². The summed E-state index contributed by atoms with van der Waals surface area (Å²) in [5.41, 5.74) is 0. The first kappa shape index (κ1) is 9.65. The Bertz CT molecular complexity index is 288. The molecule has 1 aliphatic carbocycles. The molecule has 1 amide bonds. The summed E-state index contributed by atoms with van der Waals surface area (Å²) in [7, 11) is 0. The minimum Gasteiger partial charge on any atom is -0.351 e. The fourth-order valence-corrected chi connectivity index (χ4v) is 2.27. The summed E-state index contributed by atoms with van der Waals surface area (Å²) < 4.78 is 0. The number of hydrogen-bond acceptors (Lipinski definition) is 2. The van der Waals surface area contributed by atoms with Gasteiger partial charge in [0.2, 0.25) is 5.91 Å². The SMILES string of the molecule is O=C1NC(=S)NC1CC1CC=CCC1. The molecule has 0 aromatic rings. The van der Waals surface area contributed by atoms with Gasteiger partial charge >= 0.3 is 0 Å². The first-order valence-electron chi connectivity index (χ1n) is 5.02. The molecular formula is C10H14N2OS. The molecule has 0 saturated carbocycles. The van der Waals surface area contributed by atoms with Crippen LogP contribution in [0.15, 0.2) is 12.2 Å². The van der Waals surface area contributed by atoms with Gasteiger partial charge in [-0.25, -0.2) is 0 Å². The van der Waals surface area contributed by atoms with Crippen molar-refractivity contribution in [1.29, 1.82) is 0 Å². The first-order valence-corrected chi connectivity index (χ1v) is 5.43. The molecule has 2 aliphatic rings. The van der Waals surface area contributed by atoms with Gasteiger partial charge in [-0.2, -0.15) is 0 Å². The van der Waals surface area contributed by atoms with Crippen molar-refractivity contribution in [1.82, 2.24) is 10.6 Å². The van der Waals surface area contributed by atoms with E-state index in [0.29, 0.717) is 11.0 Å². The Hall–Kier alpha value is -0.900. The average Bonchev–Trinajstić information content (AvgIpc) is 2.47. The molecule has 76 valence electrons. The van der Waals surface area contributed by atoms with E-state index in [2.05, 4.69) is 22.8 Å². The molecule has 0 radical (unpaired) electrons. The summed E-state index contributed by atoms with van der Waals surface area (Å²) in [6.07, 6.45) is 8.75. The Labute approximate surface area is 88.9 Å². The minimum absolute atomic E-state index is 0.0320. The lowest BCUT2D eigenvalue weighted by Gasteiger charge is -2.19. The van der Waals surface area contributed by atoms with Gasteiger partial charge < -0.3 is 10.6 Å². The second-order valence-corrected chi connectivity index (χ2v) is 4.31. The molecule has 3 nitrogen and oxygen atoms in total. The van der Waals surface area contributed by atoms with Gasteiger partial charge in [0.25, 0.3) is 0 Å². The van der Waals surface area contributed by atoms with Gasteiger partial charge in [0.05, 0.1) is 0 Å². The van der Waals surface area contributed by atoms with E-state index >= 15 is 0 Å². The lowest BCUT2D eigenvalue weighted by atomic mass is 9.88. The molecule has 0 aromatic heterocycles. The normalized spacial score (nSPS) is 31.4. The zero-order valence-corrected chi connectivity index (χ0v) is 8.77. The van der Waals surface area contributed by atoms with Crippen molar-refractivity contribution in [3.8, 4) is 0 Å². The van der Waals surface area contributed by atoms with Crippen LogP contribution in [0, 0.1) is 5.92 Å². The third-order valence-electron chi connectivity index (χ3n) is 2.81. The van der Waals surface area contributed by atoms with E-state index in [9.17, 15) is 4.79 Å². The number of carbonyl (C=O) groups excluding carboxylic acids is 1. The number of rotatable bonds is 2. The molecule has 1 aliphatic heterocycles. The van der Waals surface area contributed by atoms with Gasteiger partial charge in [-0.05, 0) is 43.8 Å². The molecule has 2 rings (SSSR count). The fraction of sp³-hybridized carbons (Fsp3) is 0.600. The zero-order chi connectivity index (χ0) is 9.97. The van der Waals surface area contributed by atoms with Crippen molar-refractivity contribution in [3.63, 3.8) is 0 Å². The molecule has 4 heteroatoms. The molecule has 14 heavy (non-hydrogen) atoms. The van der Waals surface area contributed by atoms with Gasteiger partial charge in [0, 0.05) is 0 Å². The highest BCUT2D eigenvalue weighted by atomic mass is 32.1. The Morgan fingerprint density at radius 2 is 2.36 bits per heavy atom. The highest BCUT2D eigenvalue weighted by molar-refractivity contribution is 7.80. The van der Waals surface area contributed by atoms with Crippen molar-refractivity contribution in [3.05, 3.63) is 12.2 Å². The Morgan fingerprint density at radius 1 is 1.50 bits per heavy atom. The van der Waals surface area contributed by atoms with Crippen LogP contribution in [0.2, 0.25) is 0 Å². The number of carbonyl (C=O) groups is 1. The lowest BCUT2D eigenvalue weighted by Crippen LogP contribution is -2.31. The second kappa shape index (κ2) is 4.09. The van der Waals surface area contributed by atoms with Crippen LogP contribution in [0.3, 0.4) is 0 Å². The van der Waals surface area contributed by atoms with E-state index in [-0.39, 0.29) is 11.9 Å². The van der Waals surface area contributed by atoms with Crippen molar-refractivity contribution < 1.29 is 4.79 Å². The molecule has 1 heterocycles. The number of amides is 1. The van der Waals surface area contributed by atoms with Crippen LogP contribution in [0.4, 0.5) is 0 Å². The van der Waals surface area contributed by atoms with E-state index in [1.807, 2.05) is 0 Å². The van der Waals surface area contributed by atoms with Crippen LogP contribution in [0.25, 0.3) is 0 Å². The second-order valence-electron chi connectivity index (χ2n) is 3.90. The lowest BCUT2D eigenvalue weighted by molar-refractivity contribution is -0.120. The molecule has 1 fully saturated rings. The van der Waals surface area contributed by atoms with Gasteiger partial charge in [-0.3, -0.25) is 4.79 Å². The molecule has 2 N–H and O–H groups in total. The highest BCUT2D eigenvalue weighted by Crippen LogP contribution is 2.23. The molecular weight excluding hydrogens is 196 g/mol. The summed E-state index contributed by atoms with van der Waals surface area (Å²) in [4.78, 5) is 11.4. The molecule has 1 saturated heterocycles. The Morgan fingerprint density at radius 3 is 2.93 bits per heavy atom. The summed E-state index contributed by atoms with van der Waals surface area (Å²) in [6.45, 7) is 0. The van der Waals surface area contributed by atoms with Crippen LogP contribution in [0.1, 0.15) is 25.7 Å². The summed E-state index contributed by atoms with van der Waals surface area (Å²) in [5, 5.41) is 6.10. The Kier molecular flexibility index (Phi) is 2.82. The zero-order valence-electron chi connectivity index (χ0n) is 7.95. The largest absolute Gasteiger partial charge is 0.351 e. The topological polar surface area (TPSA) is 41.1 Å². The number of allylic oxidation sites excluding steroid dienone is 2. The van der Waals surface area contributed by atoms with E-state index in [0.717, 1.165) is 19.3 Å². The van der Waals surface area contributed by atoms with Crippen LogP contribution >= 0.6 is 12.2 Å². The predicted molar refractivity (Wildman–Crippen MR) is 58.8 cm³/mol. The summed E-state index contributed by atoms with van der Waals surface area (Å²) in [5.74, 6) is 0.661. The quantitative estimate of drug-likeness (QED) is 0.530. The monoisotopic (exact) mass is 210 g/mol. The van der Waals surface area contributed by atoms with Crippen molar-refractivity contribution in [2.24, 2.45) is 5.92 Å². The maximum absolute atomic E-state index is 11.4.